The van der Waals surface area contributed by atoms with Crippen molar-refractivity contribution >= 4 is 45.8 Å². The third-order valence-corrected chi connectivity index (χ3v) is 4.33. The van der Waals surface area contributed by atoms with Crippen molar-refractivity contribution in [2.75, 3.05) is 14.6 Å². The average Bonchev–Trinajstić information content (AvgIpc) is 2.55. The van der Waals surface area contributed by atoms with Gasteiger partial charge in [0.2, 0.25) is 0 Å². The lowest BCUT2D eigenvalue weighted by molar-refractivity contribution is 0.0989. The van der Waals surface area contributed by atoms with Crippen molar-refractivity contribution in [2.45, 2.75) is 6.92 Å². The lowest BCUT2D eigenvalue weighted by Gasteiger charge is -2.22. The predicted octanol–water partition coefficient (Wildman–Crippen LogP) is 4.15. The molecular weight excluding hydrogens is 351 g/mol. The van der Waals surface area contributed by atoms with E-state index in [0.717, 1.165) is 22.6 Å². The van der Waals surface area contributed by atoms with Crippen LogP contribution in [0.2, 0.25) is 0 Å². The minimum atomic E-state index is 0.0599. The maximum absolute atomic E-state index is 12.7. The lowest BCUT2D eigenvalue weighted by Crippen LogP contribution is -2.29. The highest BCUT2D eigenvalue weighted by Crippen LogP contribution is 2.42. The van der Waals surface area contributed by atoms with Crippen molar-refractivity contribution in [3.63, 3.8) is 0 Å². The normalized spacial score (nSPS) is 13.9. The Morgan fingerprint density at radius 1 is 0.947 bits per heavy atom. The Balaban J connectivity index is 2.30. The topological polar surface area (TPSA) is 23.6 Å². The number of rotatable bonds is 1. The first kappa shape index (κ1) is 12.5. The van der Waals surface area contributed by atoms with E-state index in [9.17, 15) is 4.79 Å². The van der Waals surface area contributed by atoms with Gasteiger partial charge in [-0.2, -0.15) is 0 Å². The van der Waals surface area contributed by atoms with Gasteiger partial charge in [0, 0.05) is 6.54 Å². The summed E-state index contributed by atoms with van der Waals surface area (Å²) in [5.41, 5.74) is 3.69. The first-order valence-electron chi connectivity index (χ1n) is 6.20. The number of hydrogen-bond donors (Lipinski definition) is 0. The van der Waals surface area contributed by atoms with Gasteiger partial charge in [-0.1, -0.05) is 24.3 Å². The van der Waals surface area contributed by atoms with Crippen molar-refractivity contribution < 1.29 is 4.79 Å². The minimum absolute atomic E-state index is 0.0599. The smallest absolute Gasteiger partial charge is 0.260 e. The summed E-state index contributed by atoms with van der Waals surface area (Å²) in [5.74, 6) is 0.0599. The second kappa shape index (κ2) is 4.85. The number of benzene rings is 2. The van der Waals surface area contributed by atoms with Gasteiger partial charge < -0.3 is 4.90 Å². The quantitative estimate of drug-likeness (QED) is 0.561. The molecule has 19 heavy (non-hydrogen) atoms. The highest BCUT2D eigenvalue weighted by molar-refractivity contribution is 14.1. The number of halogens is 1. The molecule has 1 aliphatic heterocycles. The monoisotopic (exact) mass is 364 g/mol. The molecule has 2 aromatic rings. The summed E-state index contributed by atoms with van der Waals surface area (Å²) in [6.45, 7) is 2.66. The molecule has 1 amide bonds. The Kier molecular flexibility index (Phi) is 3.18. The zero-order valence-corrected chi connectivity index (χ0v) is 12.7. The number of carbonyl (C=O) groups excluding carboxylic acids is 1. The highest BCUT2D eigenvalue weighted by atomic mass is 127. The summed E-state index contributed by atoms with van der Waals surface area (Å²) >= 11 is 2.26. The van der Waals surface area contributed by atoms with E-state index in [-0.39, 0.29) is 5.91 Å². The van der Waals surface area contributed by atoms with E-state index in [4.69, 9.17) is 0 Å². The highest BCUT2D eigenvalue weighted by Gasteiger charge is 2.28. The van der Waals surface area contributed by atoms with Crippen LogP contribution in [0.15, 0.2) is 48.5 Å². The Bertz CT molecular complexity index is 642. The van der Waals surface area contributed by atoms with Gasteiger partial charge in [0.25, 0.3) is 5.91 Å². The van der Waals surface area contributed by atoms with E-state index in [1.165, 1.54) is 0 Å². The summed E-state index contributed by atoms with van der Waals surface area (Å²) < 4.78 is 2.05. The number of fused-ring (bicyclic) bond motifs is 2. The largest absolute Gasteiger partial charge is 0.306 e. The van der Waals surface area contributed by atoms with Gasteiger partial charge in [0.15, 0.2) is 0 Å². The van der Waals surface area contributed by atoms with Crippen LogP contribution < -0.4 is 8.01 Å². The predicted molar refractivity (Wildman–Crippen MR) is 86.4 cm³/mol. The second-order valence-electron chi connectivity index (χ2n) is 4.34. The molecule has 0 unspecified atom stereocenters. The molecule has 1 aliphatic rings. The van der Waals surface area contributed by atoms with Gasteiger partial charge in [-0.25, -0.2) is 0 Å². The standard InChI is InChI=1S/C15H13IN2O/c1-2-17-13-9-5-6-10-14(13)18(16)12-8-4-3-7-11(12)15(17)19/h3-10H,2H2,1H3. The van der Waals surface area contributed by atoms with Crippen LogP contribution in [-0.2, 0) is 0 Å². The Morgan fingerprint density at radius 2 is 1.53 bits per heavy atom. The van der Waals surface area contributed by atoms with Gasteiger partial charge in [-0.05, 0) is 31.2 Å². The van der Waals surface area contributed by atoms with Gasteiger partial charge in [-0.15, -0.1) is 0 Å². The van der Waals surface area contributed by atoms with Crippen LogP contribution >= 0.6 is 22.9 Å². The van der Waals surface area contributed by atoms with Crippen LogP contribution in [0.25, 0.3) is 0 Å². The second-order valence-corrected chi connectivity index (χ2v) is 5.30. The summed E-state index contributed by atoms with van der Waals surface area (Å²) in [5, 5.41) is 0. The van der Waals surface area contributed by atoms with E-state index in [1.54, 1.807) is 0 Å². The molecule has 0 spiro atoms. The Morgan fingerprint density at radius 3 is 2.21 bits per heavy atom. The summed E-state index contributed by atoms with van der Waals surface area (Å²) in [6, 6.07) is 15.7. The zero-order chi connectivity index (χ0) is 13.4. The van der Waals surface area contributed by atoms with E-state index in [2.05, 4.69) is 26.0 Å². The van der Waals surface area contributed by atoms with Crippen LogP contribution in [0.5, 0.6) is 0 Å². The van der Waals surface area contributed by atoms with Crippen LogP contribution in [-0.4, -0.2) is 12.5 Å². The van der Waals surface area contributed by atoms with Gasteiger partial charge >= 0.3 is 0 Å². The van der Waals surface area contributed by atoms with Crippen LogP contribution in [0.3, 0.4) is 0 Å². The number of hydrogen-bond acceptors (Lipinski definition) is 2. The molecule has 0 atom stereocenters. The van der Waals surface area contributed by atoms with Crippen LogP contribution in [0.4, 0.5) is 17.1 Å². The third kappa shape index (κ3) is 1.90. The molecule has 0 saturated carbocycles. The Labute approximate surface area is 126 Å². The molecule has 0 radical (unpaired) electrons. The third-order valence-electron chi connectivity index (χ3n) is 3.29. The SMILES string of the molecule is CCN1C(=O)c2ccccc2N(I)c2ccccc21. The molecule has 4 heteroatoms. The fourth-order valence-corrected chi connectivity index (χ4v) is 3.21. The number of amides is 1. The molecule has 0 fully saturated rings. The average molecular weight is 364 g/mol. The summed E-state index contributed by atoms with van der Waals surface area (Å²) in [7, 11) is 0. The molecule has 1 heterocycles. The number of nitrogens with zero attached hydrogens (tertiary/aromatic N) is 2. The minimum Gasteiger partial charge on any atom is -0.306 e. The first-order chi connectivity index (χ1) is 9.24. The molecule has 3 rings (SSSR count). The van der Waals surface area contributed by atoms with Crippen molar-refractivity contribution in [3.05, 3.63) is 54.1 Å². The van der Waals surface area contributed by atoms with Crippen LogP contribution in [0, 0.1) is 0 Å². The van der Waals surface area contributed by atoms with Gasteiger partial charge in [-0.3, -0.25) is 7.91 Å². The molecule has 96 valence electrons. The molecular formula is C15H13IN2O. The maximum Gasteiger partial charge on any atom is 0.260 e. The van der Waals surface area contributed by atoms with Crippen molar-refractivity contribution in [2.24, 2.45) is 0 Å². The van der Waals surface area contributed by atoms with Crippen LogP contribution in [0.1, 0.15) is 17.3 Å². The fraction of sp³-hybridized carbons (Fsp3) is 0.133. The zero-order valence-electron chi connectivity index (χ0n) is 10.5. The molecule has 0 bridgehead atoms. The van der Waals surface area contributed by atoms with E-state index >= 15 is 0 Å². The van der Waals surface area contributed by atoms with E-state index in [0.29, 0.717) is 6.54 Å². The number of para-hydroxylation sites is 3. The first-order valence-corrected chi connectivity index (χ1v) is 7.16. The maximum atomic E-state index is 12.7. The summed E-state index contributed by atoms with van der Waals surface area (Å²) in [6.07, 6.45) is 0. The van der Waals surface area contributed by atoms with Crippen molar-refractivity contribution in [3.8, 4) is 0 Å². The lowest BCUT2D eigenvalue weighted by atomic mass is 10.1. The van der Waals surface area contributed by atoms with Crippen molar-refractivity contribution in [1.82, 2.24) is 0 Å². The fourth-order valence-electron chi connectivity index (χ4n) is 2.38. The van der Waals surface area contributed by atoms with E-state index in [1.807, 2.05) is 60.4 Å². The van der Waals surface area contributed by atoms with Gasteiger partial charge in [0.1, 0.15) is 0 Å². The molecule has 2 aromatic carbocycles. The number of carbonyl (C=O) groups is 1. The Hall–Kier alpha value is -1.56. The molecule has 0 saturated heterocycles. The molecule has 3 nitrogen and oxygen atoms in total. The molecule has 0 aromatic heterocycles. The summed E-state index contributed by atoms with van der Waals surface area (Å²) in [4.78, 5) is 14.5. The van der Waals surface area contributed by atoms with Crippen molar-refractivity contribution in [1.29, 1.82) is 0 Å². The van der Waals surface area contributed by atoms with Gasteiger partial charge in [0.05, 0.1) is 45.5 Å². The van der Waals surface area contributed by atoms with E-state index < -0.39 is 0 Å². The molecule has 0 aliphatic carbocycles. The number of anilines is 3. The molecule has 0 N–H and O–H groups in total.